The van der Waals surface area contributed by atoms with E-state index in [2.05, 4.69) is 19.6 Å². The average Bonchev–Trinajstić information content (AvgIpc) is 2.69. The standard InChI is InChI=1S/C22H22FNO2S/c1-2-3-12-26-22-17(14-25)13-20(15-6-10-19(27)11-7-15)21(24-22)16-4-8-18(23)9-5-16/h4-11,13,25,27H,2-3,12,14H2,1H3. The van der Waals surface area contributed by atoms with Gasteiger partial charge in [0.2, 0.25) is 5.88 Å². The first-order chi connectivity index (χ1) is 13.1. The molecule has 5 heteroatoms. The third-order valence-electron chi connectivity index (χ3n) is 4.26. The molecule has 0 aliphatic heterocycles. The Hall–Kier alpha value is -2.37. The maximum absolute atomic E-state index is 13.4. The van der Waals surface area contributed by atoms with Crippen LogP contribution in [0.1, 0.15) is 25.3 Å². The van der Waals surface area contributed by atoms with Crippen LogP contribution in [0, 0.1) is 5.82 Å². The van der Waals surface area contributed by atoms with Gasteiger partial charge < -0.3 is 9.84 Å². The summed E-state index contributed by atoms with van der Waals surface area (Å²) < 4.78 is 19.2. The number of hydrogen-bond donors (Lipinski definition) is 2. The molecular weight excluding hydrogens is 361 g/mol. The fourth-order valence-corrected chi connectivity index (χ4v) is 2.93. The van der Waals surface area contributed by atoms with Gasteiger partial charge in [0.15, 0.2) is 0 Å². The number of aliphatic hydroxyl groups is 1. The number of hydrogen-bond acceptors (Lipinski definition) is 4. The van der Waals surface area contributed by atoms with E-state index in [1.54, 1.807) is 12.1 Å². The van der Waals surface area contributed by atoms with Gasteiger partial charge in [-0.1, -0.05) is 25.5 Å². The quantitative estimate of drug-likeness (QED) is 0.417. The molecule has 0 aliphatic rings. The van der Waals surface area contributed by atoms with Crippen molar-refractivity contribution in [3.8, 4) is 28.3 Å². The molecule has 0 aliphatic carbocycles. The highest BCUT2D eigenvalue weighted by Gasteiger charge is 2.16. The first kappa shape index (κ1) is 19.4. The lowest BCUT2D eigenvalue weighted by molar-refractivity contribution is 0.255. The van der Waals surface area contributed by atoms with Crippen LogP contribution in [-0.4, -0.2) is 16.7 Å². The third kappa shape index (κ3) is 4.67. The van der Waals surface area contributed by atoms with Gasteiger partial charge in [0.05, 0.1) is 18.9 Å². The third-order valence-corrected chi connectivity index (χ3v) is 4.56. The Morgan fingerprint density at radius 2 is 1.70 bits per heavy atom. The van der Waals surface area contributed by atoms with Gasteiger partial charge in [-0.2, -0.15) is 0 Å². The molecule has 0 bridgehead atoms. The van der Waals surface area contributed by atoms with Gasteiger partial charge in [-0.25, -0.2) is 9.37 Å². The number of ether oxygens (including phenoxy) is 1. The van der Waals surface area contributed by atoms with Crippen molar-refractivity contribution in [2.75, 3.05) is 6.61 Å². The van der Waals surface area contributed by atoms with E-state index in [4.69, 9.17) is 9.72 Å². The predicted molar refractivity (Wildman–Crippen MR) is 109 cm³/mol. The summed E-state index contributed by atoms with van der Waals surface area (Å²) in [6, 6.07) is 15.8. The molecule has 0 saturated carbocycles. The second-order valence-corrected chi connectivity index (χ2v) is 6.78. The SMILES string of the molecule is CCCCOc1nc(-c2ccc(F)cc2)c(-c2ccc(S)cc2)cc1CO. The molecule has 0 fully saturated rings. The summed E-state index contributed by atoms with van der Waals surface area (Å²) in [4.78, 5) is 5.55. The molecule has 3 nitrogen and oxygen atoms in total. The zero-order valence-corrected chi connectivity index (χ0v) is 16.0. The van der Waals surface area contributed by atoms with E-state index >= 15 is 0 Å². The highest BCUT2D eigenvalue weighted by molar-refractivity contribution is 7.80. The van der Waals surface area contributed by atoms with E-state index in [1.807, 2.05) is 30.3 Å². The van der Waals surface area contributed by atoms with E-state index in [1.165, 1.54) is 12.1 Å². The number of unbranched alkanes of at least 4 members (excludes halogenated alkanes) is 1. The van der Waals surface area contributed by atoms with Crippen molar-refractivity contribution in [2.24, 2.45) is 0 Å². The van der Waals surface area contributed by atoms with Crippen molar-refractivity contribution in [2.45, 2.75) is 31.3 Å². The summed E-state index contributed by atoms with van der Waals surface area (Å²) in [5.74, 6) is 0.117. The normalized spacial score (nSPS) is 10.8. The van der Waals surface area contributed by atoms with Crippen LogP contribution in [0.5, 0.6) is 5.88 Å². The first-order valence-corrected chi connectivity index (χ1v) is 9.40. The van der Waals surface area contributed by atoms with Crippen LogP contribution in [0.15, 0.2) is 59.5 Å². The largest absolute Gasteiger partial charge is 0.477 e. The van der Waals surface area contributed by atoms with E-state index in [9.17, 15) is 9.50 Å². The number of pyridine rings is 1. The van der Waals surface area contributed by atoms with Crippen molar-refractivity contribution >= 4 is 12.6 Å². The van der Waals surface area contributed by atoms with Crippen molar-refractivity contribution in [1.82, 2.24) is 4.98 Å². The number of nitrogens with zero attached hydrogens (tertiary/aromatic N) is 1. The van der Waals surface area contributed by atoms with Gasteiger partial charge in [0, 0.05) is 21.6 Å². The van der Waals surface area contributed by atoms with Crippen LogP contribution in [0.4, 0.5) is 4.39 Å². The van der Waals surface area contributed by atoms with Gasteiger partial charge in [-0.3, -0.25) is 0 Å². The molecular formula is C22H22FNO2S. The molecule has 0 saturated heterocycles. The van der Waals surface area contributed by atoms with Crippen LogP contribution < -0.4 is 4.74 Å². The Bertz CT molecular complexity index is 895. The summed E-state index contributed by atoms with van der Waals surface area (Å²) in [5.41, 5.74) is 3.88. The van der Waals surface area contributed by atoms with Crippen molar-refractivity contribution in [1.29, 1.82) is 0 Å². The van der Waals surface area contributed by atoms with Crippen LogP contribution in [0.25, 0.3) is 22.4 Å². The van der Waals surface area contributed by atoms with Gasteiger partial charge in [-0.15, -0.1) is 12.6 Å². The van der Waals surface area contributed by atoms with Crippen LogP contribution in [0.2, 0.25) is 0 Å². The Balaban J connectivity index is 2.14. The van der Waals surface area contributed by atoms with E-state index in [-0.39, 0.29) is 12.4 Å². The Morgan fingerprint density at radius 1 is 1.04 bits per heavy atom. The number of aromatic nitrogens is 1. The topological polar surface area (TPSA) is 42.4 Å². The Kier molecular flexibility index (Phi) is 6.48. The molecule has 0 unspecified atom stereocenters. The summed E-state index contributed by atoms with van der Waals surface area (Å²) in [5, 5.41) is 9.81. The summed E-state index contributed by atoms with van der Waals surface area (Å²) in [6.45, 7) is 2.45. The molecule has 0 radical (unpaired) electrons. The lowest BCUT2D eigenvalue weighted by Gasteiger charge is -2.16. The minimum Gasteiger partial charge on any atom is -0.477 e. The maximum Gasteiger partial charge on any atom is 0.219 e. The smallest absolute Gasteiger partial charge is 0.219 e. The molecule has 1 N–H and O–H groups in total. The molecule has 1 heterocycles. The average molecular weight is 383 g/mol. The van der Waals surface area contributed by atoms with Crippen LogP contribution in [0.3, 0.4) is 0 Å². The van der Waals surface area contributed by atoms with Gasteiger partial charge >= 0.3 is 0 Å². The first-order valence-electron chi connectivity index (χ1n) is 8.95. The number of benzene rings is 2. The summed E-state index contributed by atoms with van der Waals surface area (Å²) >= 11 is 4.34. The van der Waals surface area contributed by atoms with Crippen LogP contribution >= 0.6 is 12.6 Å². The Labute approximate surface area is 164 Å². The van der Waals surface area contributed by atoms with E-state index < -0.39 is 0 Å². The minimum absolute atomic E-state index is 0.171. The van der Waals surface area contributed by atoms with Crippen molar-refractivity contribution in [3.05, 3.63) is 66.0 Å². The fourth-order valence-electron chi connectivity index (χ4n) is 2.78. The predicted octanol–water partition coefficient (Wildman–Crippen LogP) is 5.51. The zero-order valence-electron chi connectivity index (χ0n) is 15.2. The molecule has 3 rings (SSSR count). The second kappa shape index (κ2) is 9.02. The molecule has 3 aromatic rings. The second-order valence-electron chi connectivity index (χ2n) is 6.26. The number of rotatable bonds is 7. The number of thiol groups is 1. The number of aliphatic hydroxyl groups excluding tert-OH is 1. The summed E-state index contributed by atoms with van der Waals surface area (Å²) in [7, 11) is 0. The molecule has 27 heavy (non-hydrogen) atoms. The lowest BCUT2D eigenvalue weighted by atomic mass is 9.97. The summed E-state index contributed by atoms with van der Waals surface area (Å²) in [6.07, 6.45) is 1.91. The molecule has 0 atom stereocenters. The molecule has 1 aromatic heterocycles. The molecule has 140 valence electrons. The molecule has 0 spiro atoms. The van der Waals surface area contributed by atoms with E-state index in [0.29, 0.717) is 23.7 Å². The lowest BCUT2D eigenvalue weighted by Crippen LogP contribution is -2.04. The number of halogens is 1. The highest BCUT2D eigenvalue weighted by atomic mass is 32.1. The minimum atomic E-state index is -0.300. The monoisotopic (exact) mass is 383 g/mol. The van der Waals surface area contributed by atoms with Crippen molar-refractivity contribution in [3.63, 3.8) is 0 Å². The zero-order chi connectivity index (χ0) is 19.2. The molecule has 2 aromatic carbocycles. The highest BCUT2D eigenvalue weighted by Crippen LogP contribution is 2.35. The maximum atomic E-state index is 13.4. The molecule has 0 amide bonds. The fraction of sp³-hybridized carbons (Fsp3) is 0.227. The Morgan fingerprint density at radius 3 is 2.33 bits per heavy atom. The van der Waals surface area contributed by atoms with Gasteiger partial charge in [0.1, 0.15) is 5.82 Å². The van der Waals surface area contributed by atoms with Gasteiger partial charge in [-0.05, 0) is 54.4 Å². The van der Waals surface area contributed by atoms with Crippen molar-refractivity contribution < 1.29 is 14.2 Å². The van der Waals surface area contributed by atoms with Gasteiger partial charge in [0.25, 0.3) is 0 Å². The van der Waals surface area contributed by atoms with E-state index in [0.717, 1.165) is 34.4 Å². The van der Waals surface area contributed by atoms with Crippen LogP contribution in [-0.2, 0) is 6.61 Å².